The molecule has 1 unspecified atom stereocenters. The first-order chi connectivity index (χ1) is 13.0. The normalized spacial score (nSPS) is 16.4. The van der Waals surface area contributed by atoms with Gasteiger partial charge >= 0.3 is 6.09 Å². The van der Waals surface area contributed by atoms with Crippen molar-refractivity contribution >= 4 is 23.2 Å². The summed E-state index contributed by atoms with van der Waals surface area (Å²) in [6, 6.07) is 15.6. The van der Waals surface area contributed by atoms with E-state index in [2.05, 4.69) is 4.99 Å². The number of non-ortho nitro benzene ring substituents is 1. The number of amides is 1. The molecule has 138 valence electrons. The number of benzene rings is 2. The highest BCUT2D eigenvalue weighted by atomic mass is 16.6. The quantitative estimate of drug-likeness (QED) is 0.587. The maximum Gasteiger partial charge on any atom is 0.416 e. The lowest BCUT2D eigenvalue weighted by molar-refractivity contribution is -0.384. The summed E-state index contributed by atoms with van der Waals surface area (Å²) in [5.41, 5.74) is 2.55. The molecule has 3 rings (SSSR count). The SMILES string of the molecule is CCOC(=O)N1C(c2cccc([N+](=O)[O-])c2)=CC(C)=NC1c1ccccc1. The lowest BCUT2D eigenvalue weighted by atomic mass is 10.0. The van der Waals surface area contributed by atoms with Crippen molar-refractivity contribution in [3.63, 3.8) is 0 Å². The molecule has 0 radical (unpaired) electrons. The molecule has 0 aliphatic carbocycles. The van der Waals surface area contributed by atoms with Crippen LogP contribution in [0.1, 0.15) is 31.1 Å². The van der Waals surface area contributed by atoms with Gasteiger partial charge in [0.1, 0.15) is 0 Å². The van der Waals surface area contributed by atoms with Gasteiger partial charge in [-0.25, -0.2) is 4.79 Å². The molecule has 0 N–H and O–H groups in total. The zero-order valence-corrected chi connectivity index (χ0v) is 15.0. The standard InChI is InChI=1S/C20H19N3O4/c1-3-27-20(24)22-18(16-10-7-11-17(13-16)23(25)26)12-14(2)21-19(22)15-8-5-4-6-9-15/h4-13,19H,3H2,1-2H3. The number of nitro benzene ring substituents is 1. The van der Waals surface area contributed by atoms with Gasteiger partial charge in [-0.2, -0.15) is 0 Å². The fraction of sp³-hybridized carbons (Fsp3) is 0.200. The topological polar surface area (TPSA) is 85.0 Å². The van der Waals surface area contributed by atoms with E-state index in [0.717, 1.165) is 5.56 Å². The first kappa shape index (κ1) is 18.3. The van der Waals surface area contributed by atoms with Crippen LogP contribution in [0.2, 0.25) is 0 Å². The van der Waals surface area contributed by atoms with Crippen LogP contribution >= 0.6 is 0 Å². The summed E-state index contributed by atoms with van der Waals surface area (Å²) in [7, 11) is 0. The number of rotatable bonds is 4. The molecule has 0 bridgehead atoms. The van der Waals surface area contributed by atoms with E-state index >= 15 is 0 Å². The third-order valence-electron chi connectivity index (χ3n) is 4.09. The Hall–Kier alpha value is -3.48. The first-order valence-corrected chi connectivity index (χ1v) is 8.53. The third-order valence-corrected chi connectivity index (χ3v) is 4.09. The average Bonchev–Trinajstić information content (AvgIpc) is 2.68. The molecule has 0 spiro atoms. The minimum absolute atomic E-state index is 0.0476. The van der Waals surface area contributed by atoms with E-state index in [1.165, 1.54) is 17.0 Å². The molecule has 7 heteroatoms. The Labute approximate surface area is 156 Å². The van der Waals surface area contributed by atoms with E-state index in [4.69, 9.17) is 4.74 Å². The summed E-state index contributed by atoms with van der Waals surface area (Å²) in [5.74, 6) is 0. The van der Waals surface area contributed by atoms with Crippen LogP contribution in [-0.2, 0) is 4.74 Å². The Morgan fingerprint density at radius 1 is 1.22 bits per heavy atom. The highest BCUT2D eigenvalue weighted by molar-refractivity contribution is 6.02. The monoisotopic (exact) mass is 365 g/mol. The van der Waals surface area contributed by atoms with Crippen LogP contribution in [0.25, 0.3) is 5.70 Å². The number of allylic oxidation sites excluding steroid dienone is 1. The maximum atomic E-state index is 12.8. The summed E-state index contributed by atoms with van der Waals surface area (Å²) in [6.45, 7) is 3.77. The van der Waals surface area contributed by atoms with Crippen LogP contribution in [0.3, 0.4) is 0 Å². The summed E-state index contributed by atoms with van der Waals surface area (Å²) < 4.78 is 5.24. The highest BCUT2D eigenvalue weighted by Crippen LogP contribution is 2.36. The van der Waals surface area contributed by atoms with E-state index in [9.17, 15) is 14.9 Å². The van der Waals surface area contributed by atoms with Gasteiger partial charge in [-0.15, -0.1) is 0 Å². The molecular weight excluding hydrogens is 346 g/mol. The van der Waals surface area contributed by atoms with E-state index in [1.54, 1.807) is 25.1 Å². The summed E-state index contributed by atoms with van der Waals surface area (Å²) in [4.78, 5) is 29.5. The predicted molar refractivity (Wildman–Crippen MR) is 102 cm³/mol. The molecule has 1 aliphatic heterocycles. The molecule has 2 aromatic rings. The Kier molecular flexibility index (Phi) is 5.30. The molecule has 7 nitrogen and oxygen atoms in total. The van der Waals surface area contributed by atoms with Crippen molar-refractivity contribution in [1.82, 2.24) is 4.90 Å². The van der Waals surface area contributed by atoms with E-state index in [1.807, 2.05) is 37.3 Å². The average molecular weight is 365 g/mol. The molecule has 0 saturated heterocycles. The number of nitro groups is 1. The van der Waals surface area contributed by atoms with Crippen molar-refractivity contribution in [2.75, 3.05) is 6.61 Å². The predicted octanol–water partition coefficient (Wildman–Crippen LogP) is 4.57. The molecule has 27 heavy (non-hydrogen) atoms. The van der Waals surface area contributed by atoms with Gasteiger partial charge in [0.05, 0.1) is 17.2 Å². The van der Waals surface area contributed by atoms with Crippen LogP contribution < -0.4 is 0 Å². The summed E-state index contributed by atoms with van der Waals surface area (Å²) in [6.07, 6.45) is 0.569. The maximum absolute atomic E-state index is 12.8. The molecule has 0 saturated carbocycles. The van der Waals surface area contributed by atoms with Crippen LogP contribution in [0.5, 0.6) is 0 Å². The van der Waals surface area contributed by atoms with Crippen molar-refractivity contribution < 1.29 is 14.5 Å². The number of ether oxygens (including phenoxy) is 1. The molecule has 2 aromatic carbocycles. The van der Waals surface area contributed by atoms with Crippen molar-refractivity contribution in [1.29, 1.82) is 0 Å². The number of aliphatic imine (C=N–C) groups is 1. The second-order valence-electron chi connectivity index (χ2n) is 5.96. The number of hydrogen-bond acceptors (Lipinski definition) is 5. The van der Waals surface area contributed by atoms with E-state index in [0.29, 0.717) is 17.0 Å². The largest absolute Gasteiger partial charge is 0.449 e. The Bertz CT molecular complexity index is 922. The lowest BCUT2D eigenvalue weighted by Crippen LogP contribution is -2.36. The number of nitrogens with zero attached hydrogens (tertiary/aromatic N) is 3. The van der Waals surface area contributed by atoms with Gasteiger partial charge in [-0.1, -0.05) is 42.5 Å². The Morgan fingerprint density at radius 2 is 1.96 bits per heavy atom. The molecule has 1 aliphatic rings. The second kappa shape index (κ2) is 7.82. The smallest absolute Gasteiger partial charge is 0.416 e. The minimum Gasteiger partial charge on any atom is -0.449 e. The van der Waals surface area contributed by atoms with E-state index < -0.39 is 17.2 Å². The van der Waals surface area contributed by atoms with Crippen LogP contribution in [-0.4, -0.2) is 28.2 Å². The molecule has 0 fully saturated rings. The van der Waals surface area contributed by atoms with Gasteiger partial charge in [-0.05, 0) is 25.5 Å². The Balaban J connectivity index is 2.12. The van der Waals surface area contributed by atoms with Gasteiger partial charge in [0.2, 0.25) is 0 Å². The highest BCUT2D eigenvalue weighted by Gasteiger charge is 2.33. The van der Waals surface area contributed by atoms with Crippen LogP contribution in [0.4, 0.5) is 10.5 Å². The third kappa shape index (κ3) is 3.87. The first-order valence-electron chi connectivity index (χ1n) is 8.53. The molecule has 1 amide bonds. The summed E-state index contributed by atoms with van der Waals surface area (Å²) >= 11 is 0. The number of carbonyl (C=O) groups excluding carboxylic acids is 1. The fourth-order valence-electron chi connectivity index (χ4n) is 2.93. The van der Waals surface area contributed by atoms with Gasteiger partial charge in [-0.3, -0.25) is 20.0 Å². The molecule has 1 heterocycles. The zero-order valence-electron chi connectivity index (χ0n) is 15.0. The van der Waals surface area contributed by atoms with Gasteiger partial charge < -0.3 is 4.74 Å². The zero-order chi connectivity index (χ0) is 19.4. The number of carbonyl (C=O) groups is 1. The molecule has 1 atom stereocenters. The van der Waals surface area contributed by atoms with Crippen molar-refractivity contribution in [3.8, 4) is 0 Å². The second-order valence-corrected chi connectivity index (χ2v) is 5.96. The van der Waals surface area contributed by atoms with Crippen molar-refractivity contribution in [2.45, 2.75) is 20.0 Å². The lowest BCUT2D eigenvalue weighted by Gasteiger charge is -2.33. The minimum atomic E-state index is -0.607. The van der Waals surface area contributed by atoms with Gasteiger partial charge in [0.25, 0.3) is 5.69 Å². The van der Waals surface area contributed by atoms with Crippen LogP contribution in [0, 0.1) is 10.1 Å². The molecular formula is C20H19N3O4. The van der Waals surface area contributed by atoms with Crippen molar-refractivity contribution in [2.24, 2.45) is 4.99 Å². The number of hydrogen-bond donors (Lipinski definition) is 0. The Morgan fingerprint density at radius 3 is 2.63 bits per heavy atom. The van der Waals surface area contributed by atoms with Crippen molar-refractivity contribution in [3.05, 3.63) is 81.9 Å². The van der Waals surface area contributed by atoms with E-state index in [-0.39, 0.29) is 12.3 Å². The fourth-order valence-corrected chi connectivity index (χ4v) is 2.93. The molecule has 0 aromatic heterocycles. The van der Waals surface area contributed by atoms with Gasteiger partial charge in [0, 0.05) is 23.4 Å². The van der Waals surface area contributed by atoms with Crippen LogP contribution in [0.15, 0.2) is 65.7 Å². The van der Waals surface area contributed by atoms with Gasteiger partial charge in [0.15, 0.2) is 6.17 Å². The summed E-state index contributed by atoms with van der Waals surface area (Å²) in [5, 5.41) is 11.2.